The van der Waals surface area contributed by atoms with Gasteiger partial charge in [0, 0.05) is 35.3 Å². The molecule has 4 rings (SSSR count). The number of nitrogens with one attached hydrogen (secondary N) is 2. The Balaban J connectivity index is 1.24. The summed E-state index contributed by atoms with van der Waals surface area (Å²) in [6.07, 6.45) is 2.79. The molecular weight excluding hydrogens is 410 g/mol. The first-order valence-corrected chi connectivity index (χ1v) is 11.3. The van der Waals surface area contributed by atoms with E-state index in [4.69, 9.17) is 4.74 Å². The number of hydrogen-bond donors (Lipinski definition) is 2. The van der Waals surface area contributed by atoms with Gasteiger partial charge in [-0.2, -0.15) is 0 Å². The highest BCUT2D eigenvalue weighted by Crippen LogP contribution is 2.28. The van der Waals surface area contributed by atoms with E-state index in [0.717, 1.165) is 41.3 Å². The highest BCUT2D eigenvalue weighted by molar-refractivity contribution is 7.09. The summed E-state index contributed by atoms with van der Waals surface area (Å²) in [5, 5.41) is 9.00. The van der Waals surface area contributed by atoms with Gasteiger partial charge in [0.2, 0.25) is 0 Å². The Hall–Kier alpha value is -3.19. The van der Waals surface area contributed by atoms with E-state index in [0.29, 0.717) is 24.2 Å². The lowest BCUT2D eigenvalue weighted by atomic mass is 10.1. The molecule has 2 aromatic carbocycles. The summed E-state index contributed by atoms with van der Waals surface area (Å²) in [7, 11) is 0. The quantitative estimate of drug-likeness (QED) is 0.521. The van der Waals surface area contributed by atoms with Crippen LogP contribution in [0, 0.1) is 6.92 Å². The van der Waals surface area contributed by atoms with Gasteiger partial charge >= 0.3 is 0 Å². The SMILES string of the molecule is Cc1csc(CCCCNC(=O)c2cccc(NC(=O)C3Cc4ccccc4O3)c2)n1. The lowest BCUT2D eigenvalue weighted by Crippen LogP contribution is -2.31. The fraction of sp³-hybridized carbons (Fsp3) is 0.292. The average Bonchev–Trinajstić information content (AvgIpc) is 3.39. The van der Waals surface area contributed by atoms with E-state index >= 15 is 0 Å². The Morgan fingerprint density at radius 2 is 2.03 bits per heavy atom. The number of anilines is 1. The fourth-order valence-corrected chi connectivity index (χ4v) is 4.33. The van der Waals surface area contributed by atoms with E-state index in [1.807, 2.05) is 31.2 Å². The first-order chi connectivity index (χ1) is 15.1. The van der Waals surface area contributed by atoms with Gasteiger partial charge in [0.25, 0.3) is 11.8 Å². The second-order valence-corrected chi connectivity index (χ2v) is 8.53. The summed E-state index contributed by atoms with van der Waals surface area (Å²) < 4.78 is 5.73. The van der Waals surface area contributed by atoms with E-state index in [1.165, 1.54) is 0 Å². The Bertz CT molecular complexity index is 1050. The molecule has 0 spiro atoms. The van der Waals surface area contributed by atoms with Crippen LogP contribution < -0.4 is 15.4 Å². The Morgan fingerprint density at radius 3 is 2.84 bits per heavy atom. The molecule has 1 aromatic heterocycles. The zero-order valence-electron chi connectivity index (χ0n) is 17.4. The number of ether oxygens (including phenoxy) is 1. The van der Waals surface area contributed by atoms with E-state index in [9.17, 15) is 9.59 Å². The van der Waals surface area contributed by atoms with Crippen LogP contribution in [-0.2, 0) is 17.6 Å². The van der Waals surface area contributed by atoms with Crippen molar-refractivity contribution in [3.63, 3.8) is 0 Å². The van der Waals surface area contributed by atoms with Crippen molar-refractivity contribution >= 4 is 28.8 Å². The lowest BCUT2D eigenvalue weighted by molar-refractivity contribution is -0.122. The first kappa shape index (κ1) is 21.1. The topological polar surface area (TPSA) is 80.3 Å². The highest BCUT2D eigenvalue weighted by atomic mass is 32.1. The van der Waals surface area contributed by atoms with Gasteiger partial charge in [0.15, 0.2) is 6.10 Å². The van der Waals surface area contributed by atoms with Crippen molar-refractivity contribution in [2.75, 3.05) is 11.9 Å². The standard InChI is InChI=1S/C24H25N3O3S/c1-16-15-31-22(26-16)11-4-5-12-25-23(28)18-8-6-9-19(13-18)27-24(29)21-14-17-7-2-3-10-20(17)30-21/h2-3,6-10,13,15,21H,4-5,11-12,14H2,1H3,(H,25,28)(H,27,29). The van der Waals surface area contributed by atoms with Crippen molar-refractivity contribution in [1.29, 1.82) is 0 Å². The fourth-order valence-electron chi connectivity index (χ4n) is 3.51. The van der Waals surface area contributed by atoms with Crippen LogP contribution in [-0.4, -0.2) is 29.4 Å². The predicted octanol–water partition coefficient (Wildman–Crippen LogP) is 4.15. The number of para-hydroxylation sites is 1. The number of hydrogen-bond acceptors (Lipinski definition) is 5. The largest absolute Gasteiger partial charge is 0.480 e. The van der Waals surface area contributed by atoms with Crippen LogP contribution in [0.5, 0.6) is 5.75 Å². The van der Waals surface area contributed by atoms with Crippen molar-refractivity contribution in [1.82, 2.24) is 10.3 Å². The molecule has 2 heterocycles. The molecule has 0 bridgehead atoms. The summed E-state index contributed by atoms with van der Waals surface area (Å²) in [5.41, 5.74) is 3.19. The number of rotatable bonds is 8. The lowest BCUT2D eigenvalue weighted by Gasteiger charge is -2.12. The minimum Gasteiger partial charge on any atom is -0.480 e. The van der Waals surface area contributed by atoms with Crippen LogP contribution in [0.2, 0.25) is 0 Å². The number of thiazole rings is 1. The van der Waals surface area contributed by atoms with Crippen molar-refractivity contribution in [3.8, 4) is 5.75 Å². The van der Waals surface area contributed by atoms with Crippen molar-refractivity contribution in [3.05, 3.63) is 75.7 Å². The molecule has 1 aliphatic heterocycles. The summed E-state index contributed by atoms with van der Waals surface area (Å²) >= 11 is 1.68. The number of amides is 2. The van der Waals surface area contributed by atoms with Crippen LogP contribution >= 0.6 is 11.3 Å². The maximum atomic E-state index is 12.6. The number of carbonyl (C=O) groups is 2. The third-order valence-electron chi connectivity index (χ3n) is 5.10. The monoisotopic (exact) mass is 435 g/mol. The Morgan fingerprint density at radius 1 is 1.16 bits per heavy atom. The van der Waals surface area contributed by atoms with Gasteiger partial charge in [-0.25, -0.2) is 4.98 Å². The maximum absolute atomic E-state index is 12.6. The van der Waals surface area contributed by atoms with Crippen LogP contribution in [0.1, 0.15) is 39.5 Å². The number of carbonyl (C=O) groups excluding carboxylic acids is 2. The van der Waals surface area contributed by atoms with E-state index in [2.05, 4.69) is 21.0 Å². The average molecular weight is 436 g/mol. The Labute approximate surface area is 185 Å². The molecule has 1 unspecified atom stereocenters. The third kappa shape index (κ3) is 5.49. The molecule has 31 heavy (non-hydrogen) atoms. The van der Waals surface area contributed by atoms with E-state index < -0.39 is 6.10 Å². The van der Waals surface area contributed by atoms with Crippen LogP contribution in [0.3, 0.4) is 0 Å². The maximum Gasteiger partial charge on any atom is 0.265 e. The van der Waals surface area contributed by atoms with Crippen LogP contribution in [0.25, 0.3) is 0 Å². The molecule has 2 amide bonds. The molecule has 6 nitrogen and oxygen atoms in total. The van der Waals surface area contributed by atoms with E-state index in [1.54, 1.807) is 35.6 Å². The Kier molecular flexibility index (Phi) is 6.62. The number of unbranched alkanes of at least 4 members (excludes halogenated alkanes) is 1. The minimum absolute atomic E-state index is 0.147. The summed E-state index contributed by atoms with van der Waals surface area (Å²) in [5.74, 6) is 0.387. The summed E-state index contributed by atoms with van der Waals surface area (Å²) in [6, 6.07) is 14.6. The number of nitrogens with zero attached hydrogens (tertiary/aromatic N) is 1. The smallest absolute Gasteiger partial charge is 0.265 e. The van der Waals surface area contributed by atoms with Gasteiger partial charge in [-0.1, -0.05) is 24.3 Å². The van der Waals surface area contributed by atoms with Gasteiger partial charge in [-0.05, 0) is 56.0 Å². The van der Waals surface area contributed by atoms with E-state index in [-0.39, 0.29) is 11.8 Å². The molecular formula is C24H25N3O3S. The number of aryl methyl sites for hydroxylation is 2. The molecule has 0 saturated heterocycles. The molecule has 1 aliphatic rings. The predicted molar refractivity (Wildman–Crippen MR) is 122 cm³/mol. The zero-order chi connectivity index (χ0) is 21.6. The molecule has 0 aliphatic carbocycles. The second-order valence-electron chi connectivity index (χ2n) is 7.58. The van der Waals surface area contributed by atoms with Gasteiger partial charge in [-0.15, -0.1) is 11.3 Å². The van der Waals surface area contributed by atoms with Gasteiger partial charge < -0.3 is 15.4 Å². The molecule has 160 valence electrons. The third-order valence-corrected chi connectivity index (χ3v) is 6.13. The van der Waals surface area contributed by atoms with Crippen molar-refractivity contribution in [2.45, 2.75) is 38.7 Å². The molecule has 7 heteroatoms. The molecule has 2 N–H and O–H groups in total. The second kappa shape index (κ2) is 9.75. The molecule has 0 radical (unpaired) electrons. The van der Waals surface area contributed by atoms with Gasteiger partial charge in [0.1, 0.15) is 5.75 Å². The summed E-state index contributed by atoms with van der Waals surface area (Å²) in [4.78, 5) is 29.5. The first-order valence-electron chi connectivity index (χ1n) is 10.4. The zero-order valence-corrected chi connectivity index (χ0v) is 18.2. The van der Waals surface area contributed by atoms with Crippen molar-refractivity contribution in [2.24, 2.45) is 0 Å². The molecule has 0 saturated carbocycles. The normalized spacial score (nSPS) is 14.5. The number of benzene rings is 2. The number of aromatic nitrogens is 1. The van der Waals surface area contributed by atoms with Crippen LogP contribution in [0.4, 0.5) is 5.69 Å². The number of fused-ring (bicyclic) bond motifs is 1. The van der Waals surface area contributed by atoms with Crippen LogP contribution in [0.15, 0.2) is 53.9 Å². The van der Waals surface area contributed by atoms with Gasteiger partial charge in [-0.3, -0.25) is 9.59 Å². The molecule has 0 fully saturated rings. The van der Waals surface area contributed by atoms with Crippen molar-refractivity contribution < 1.29 is 14.3 Å². The minimum atomic E-state index is -0.559. The molecule has 3 aromatic rings. The highest BCUT2D eigenvalue weighted by Gasteiger charge is 2.28. The molecule has 1 atom stereocenters. The summed E-state index contributed by atoms with van der Waals surface area (Å²) in [6.45, 7) is 2.60. The van der Waals surface area contributed by atoms with Gasteiger partial charge in [0.05, 0.1) is 5.01 Å².